The summed E-state index contributed by atoms with van der Waals surface area (Å²) in [6.45, 7) is 8.70. The minimum Gasteiger partial charge on any atom is -0.461 e. The van der Waals surface area contributed by atoms with Gasteiger partial charge in [0.1, 0.15) is 11.9 Å². The van der Waals surface area contributed by atoms with Crippen LogP contribution in [0.5, 0.6) is 0 Å². The van der Waals surface area contributed by atoms with E-state index in [9.17, 15) is 14.7 Å². The van der Waals surface area contributed by atoms with Crippen molar-refractivity contribution in [2.75, 3.05) is 0 Å². The van der Waals surface area contributed by atoms with Crippen molar-refractivity contribution in [2.45, 2.75) is 130 Å². The second-order valence-electron chi connectivity index (χ2n) is 12.5. The largest absolute Gasteiger partial charge is 0.461 e. The van der Waals surface area contributed by atoms with Crippen molar-refractivity contribution in [1.29, 1.82) is 0 Å². The quantitative estimate of drug-likeness (QED) is 0.228. The maximum absolute atomic E-state index is 12.9. The number of rotatable bonds is 9. The SMILES string of the molecule is CCCCCCCCC(=O)OC1C[C@@H](O)CC2=CCC3C(CC[C@@]4(C)C3CC[C@@H]4C(C)=O)[C@]21C. The van der Waals surface area contributed by atoms with Gasteiger partial charge in [0.05, 0.1) is 6.10 Å². The molecule has 0 heterocycles. The number of hydrogen-bond acceptors (Lipinski definition) is 4. The number of hydrogen-bond donors (Lipinski definition) is 1. The molecule has 4 heteroatoms. The van der Waals surface area contributed by atoms with E-state index in [-0.39, 0.29) is 28.8 Å². The summed E-state index contributed by atoms with van der Waals surface area (Å²) < 4.78 is 6.21. The van der Waals surface area contributed by atoms with E-state index < -0.39 is 6.10 Å². The summed E-state index contributed by atoms with van der Waals surface area (Å²) in [5, 5.41) is 10.7. The Labute approximate surface area is 207 Å². The second-order valence-corrected chi connectivity index (χ2v) is 12.5. The second kappa shape index (κ2) is 10.4. The molecular weight excluding hydrogens is 424 g/mol. The highest BCUT2D eigenvalue weighted by atomic mass is 16.5. The number of carbonyl (C=O) groups excluding carboxylic acids is 2. The molecule has 3 saturated carbocycles. The Morgan fingerprint density at radius 3 is 2.53 bits per heavy atom. The van der Waals surface area contributed by atoms with Crippen molar-refractivity contribution < 1.29 is 19.4 Å². The smallest absolute Gasteiger partial charge is 0.306 e. The summed E-state index contributed by atoms with van der Waals surface area (Å²) in [4.78, 5) is 25.3. The topological polar surface area (TPSA) is 63.6 Å². The number of unbranched alkanes of at least 4 members (excludes halogenated alkanes) is 5. The van der Waals surface area contributed by atoms with Gasteiger partial charge in [-0.15, -0.1) is 0 Å². The molecule has 0 spiro atoms. The van der Waals surface area contributed by atoms with Gasteiger partial charge in [-0.1, -0.05) is 64.5 Å². The van der Waals surface area contributed by atoms with Gasteiger partial charge < -0.3 is 9.84 Å². The maximum atomic E-state index is 12.9. The van der Waals surface area contributed by atoms with Crippen LogP contribution in [0.2, 0.25) is 0 Å². The number of ketones is 1. The van der Waals surface area contributed by atoms with Crippen LogP contribution in [0.1, 0.15) is 118 Å². The van der Waals surface area contributed by atoms with Crippen LogP contribution in [-0.4, -0.2) is 29.1 Å². The highest BCUT2D eigenvalue weighted by Crippen LogP contribution is 2.66. The Morgan fingerprint density at radius 1 is 1.06 bits per heavy atom. The Balaban J connectivity index is 1.47. The van der Waals surface area contributed by atoms with Gasteiger partial charge in [-0.05, 0) is 75.0 Å². The van der Waals surface area contributed by atoms with E-state index in [0.717, 1.165) is 44.9 Å². The predicted molar refractivity (Wildman–Crippen MR) is 135 cm³/mol. The molecule has 1 N–H and O–H groups in total. The molecule has 0 aromatic heterocycles. The molecule has 34 heavy (non-hydrogen) atoms. The lowest BCUT2D eigenvalue weighted by atomic mass is 9.46. The van der Waals surface area contributed by atoms with E-state index in [0.29, 0.717) is 42.8 Å². The first-order valence-electron chi connectivity index (χ1n) is 14.3. The van der Waals surface area contributed by atoms with E-state index in [4.69, 9.17) is 4.74 Å². The van der Waals surface area contributed by atoms with E-state index in [1.807, 2.05) is 0 Å². The minimum absolute atomic E-state index is 0.0875. The molecule has 0 aromatic rings. The Hall–Kier alpha value is -1.16. The lowest BCUT2D eigenvalue weighted by molar-refractivity contribution is -0.169. The molecule has 4 rings (SSSR count). The fourth-order valence-corrected chi connectivity index (χ4v) is 8.78. The molecule has 4 nitrogen and oxygen atoms in total. The molecule has 8 atom stereocenters. The van der Waals surface area contributed by atoms with Crippen molar-refractivity contribution in [2.24, 2.45) is 34.5 Å². The van der Waals surface area contributed by atoms with Crippen LogP contribution in [-0.2, 0) is 14.3 Å². The van der Waals surface area contributed by atoms with Crippen molar-refractivity contribution >= 4 is 11.8 Å². The molecule has 192 valence electrons. The van der Waals surface area contributed by atoms with Crippen LogP contribution < -0.4 is 0 Å². The number of fused-ring (bicyclic) bond motifs is 5. The van der Waals surface area contributed by atoms with Crippen molar-refractivity contribution in [3.8, 4) is 0 Å². The molecular formula is C30H48O4. The lowest BCUT2D eigenvalue weighted by Crippen LogP contribution is -2.56. The van der Waals surface area contributed by atoms with Gasteiger partial charge in [0, 0.05) is 24.2 Å². The van der Waals surface area contributed by atoms with E-state index in [1.165, 1.54) is 31.3 Å². The van der Waals surface area contributed by atoms with Gasteiger partial charge in [-0.3, -0.25) is 9.59 Å². The molecule has 0 aliphatic heterocycles. The minimum atomic E-state index is -0.426. The van der Waals surface area contributed by atoms with Gasteiger partial charge in [0.15, 0.2) is 0 Å². The molecule has 0 bridgehead atoms. The third kappa shape index (κ3) is 4.65. The summed E-state index contributed by atoms with van der Waals surface area (Å²) in [6, 6.07) is 0. The van der Waals surface area contributed by atoms with Crippen LogP contribution in [0.25, 0.3) is 0 Å². The van der Waals surface area contributed by atoms with Crippen molar-refractivity contribution in [3.63, 3.8) is 0 Å². The number of Topliss-reactive ketones (excluding diaryl/α,β-unsaturated/α-hetero) is 1. The highest BCUT2D eigenvalue weighted by molar-refractivity contribution is 5.79. The zero-order chi connectivity index (χ0) is 24.5. The van der Waals surface area contributed by atoms with Crippen LogP contribution >= 0.6 is 0 Å². The number of allylic oxidation sites excluding steroid dienone is 1. The van der Waals surface area contributed by atoms with Gasteiger partial charge >= 0.3 is 5.97 Å². The highest BCUT2D eigenvalue weighted by Gasteiger charge is 2.61. The van der Waals surface area contributed by atoms with Gasteiger partial charge in [0.2, 0.25) is 0 Å². The summed E-state index contributed by atoms with van der Waals surface area (Å²) in [6.07, 6.45) is 15.8. The van der Waals surface area contributed by atoms with E-state index in [1.54, 1.807) is 6.92 Å². The Bertz CT molecular complexity index is 787. The molecule has 4 aliphatic rings. The monoisotopic (exact) mass is 472 g/mol. The van der Waals surface area contributed by atoms with E-state index >= 15 is 0 Å². The summed E-state index contributed by atoms with van der Waals surface area (Å²) in [5.41, 5.74) is 1.25. The molecule has 0 radical (unpaired) electrons. The third-order valence-corrected chi connectivity index (χ3v) is 10.6. The number of esters is 1. The van der Waals surface area contributed by atoms with Crippen LogP contribution in [0.4, 0.5) is 0 Å². The molecule has 4 unspecified atom stereocenters. The molecule has 0 aromatic carbocycles. The number of aliphatic hydroxyl groups is 1. The van der Waals surface area contributed by atoms with Crippen LogP contribution in [0.15, 0.2) is 11.6 Å². The fourth-order valence-electron chi connectivity index (χ4n) is 8.78. The van der Waals surface area contributed by atoms with Crippen molar-refractivity contribution in [1.82, 2.24) is 0 Å². The third-order valence-electron chi connectivity index (χ3n) is 10.6. The summed E-state index contributed by atoms with van der Waals surface area (Å²) >= 11 is 0. The van der Waals surface area contributed by atoms with Gasteiger partial charge in [-0.2, -0.15) is 0 Å². The number of ether oxygens (including phenoxy) is 1. The summed E-state index contributed by atoms with van der Waals surface area (Å²) in [5.74, 6) is 2.07. The lowest BCUT2D eigenvalue weighted by Gasteiger charge is -2.59. The number of aliphatic hydroxyl groups excluding tert-OH is 1. The first kappa shape index (κ1) is 25.9. The van der Waals surface area contributed by atoms with Gasteiger partial charge in [0.25, 0.3) is 0 Å². The molecule has 0 amide bonds. The molecule has 4 aliphatic carbocycles. The Morgan fingerprint density at radius 2 is 1.79 bits per heavy atom. The van der Waals surface area contributed by atoms with E-state index in [2.05, 4.69) is 26.8 Å². The van der Waals surface area contributed by atoms with Crippen LogP contribution in [0.3, 0.4) is 0 Å². The predicted octanol–water partition coefficient (Wildman–Crippen LogP) is 6.79. The zero-order valence-electron chi connectivity index (χ0n) is 22.1. The maximum Gasteiger partial charge on any atom is 0.306 e. The van der Waals surface area contributed by atoms with Gasteiger partial charge in [-0.25, -0.2) is 0 Å². The normalized spacial score (nSPS) is 41.1. The molecule has 3 fully saturated rings. The first-order chi connectivity index (χ1) is 16.2. The fraction of sp³-hybridized carbons (Fsp3) is 0.867. The zero-order valence-corrected chi connectivity index (χ0v) is 22.1. The van der Waals surface area contributed by atoms with Crippen molar-refractivity contribution in [3.05, 3.63) is 11.6 Å². The standard InChI is InChI=1S/C30H48O4/c1-5-6-7-8-9-10-11-28(33)34-27-19-22(32)18-21-12-13-23-25-15-14-24(20(2)31)29(25,3)17-16-26(23)30(21,27)4/h12,22-27,32H,5-11,13-19H2,1-4H3/t22-,23?,24+,25?,26?,27?,29+,30-/m0/s1. The average Bonchev–Trinajstić information content (AvgIpc) is 3.14. The van der Waals surface area contributed by atoms with Crippen LogP contribution in [0, 0.1) is 34.5 Å². The first-order valence-corrected chi connectivity index (χ1v) is 14.3. The Kier molecular flexibility index (Phi) is 7.96. The summed E-state index contributed by atoms with van der Waals surface area (Å²) in [7, 11) is 0. The number of carbonyl (C=O) groups is 2. The average molecular weight is 473 g/mol. The molecule has 0 saturated heterocycles.